The first-order valence-corrected chi connectivity index (χ1v) is 7.39. The predicted octanol–water partition coefficient (Wildman–Crippen LogP) is 2.80. The van der Waals surface area contributed by atoms with Crippen LogP contribution in [0, 0.1) is 11.3 Å². The Hall–Kier alpha value is -1.84. The summed E-state index contributed by atoms with van der Waals surface area (Å²) in [4.78, 5) is 26.7. The number of methoxy groups -OCH3 is 1. The van der Waals surface area contributed by atoms with Gasteiger partial charge in [0, 0.05) is 6.54 Å². The van der Waals surface area contributed by atoms with Gasteiger partial charge in [-0.1, -0.05) is 37.3 Å². The predicted molar refractivity (Wildman–Crippen MR) is 80.5 cm³/mol. The van der Waals surface area contributed by atoms with E-state index in [1.165, 1.54) is 7.11 Å². The van der Waals surface area contributed by atoms with Gasteiger partial charge in [0.25, 0.3) is 0 Å². The van der Waals surface area contributed by atoms with Crippen molar-refractivity contribution in [3.05, 3.63) is 35.9 Å². The fraction of sp³-hybridized carbons (Fsp3) is 0.529. The molecule has 1 aromatic rings. The van der Waals surface area contributed by atoms with Gasteiger partial charge in [-0.3, -0.25) is 9.59 Å². The number of hydrogen-bond acceptors (Lipinski definition) is 3. The molecule has 0 bridgehead atoms. The molecule has 1 heterocycles. The molecule has 0 aromatic heterocycles. The third kappa shape index (κ3) is 2.55. The summed E-state index contributed by atoms with van der Waals surface area (Å²) in [6.45, 7) is 6.19. The summed E-state index contributed by atoms with van der Waals surface area (Å²) < 4.78 is 4.93. The van der Waals surface area contributed by atoms with Gasteiger partial charge in [-0.25, -0.2) is 0 Å². The Labute approximate surface area is 126 Å². The third-order valence-electron chi connectivity index (χ3n) is 4.66. The Balaban J connectivity index is 2.31. The van der Waals surface area contributed by atoms with Crippen molar-refractivity contribution in [3.8, 4) is 0 Å². The molecule has 1 saturated heterocycles. The zero-order valence-electron chi connectivity index (χ0n) is 13.1. The number of nitrogens with zero attached hydrogens (tertiary/aromatic N) is 1. The normalized spacial score (nSPS) is 26.8. The van der Waals surface area contributed by atoms with Gasteiger partial charge in [-0.2, -0.15) is 0 Å². The van der Waals surface area contributed by atoms with Crippen LogP contribution in [0.1, 0.15) is 38.8 Å². The summed E-state index contributed by atoms with van der Waals surface area (Å²) in [6, 6.07) is 9.85. The molecule has 0 spiro atoms. The van der Waals surface area contributed by atoms with Gasteiger partial charge in [-0.05, 0) is 25.8 Å². The van der Waals surface area contributed by atoms with Gasteiger partial charge >= 0.3 is 5.97 Å². The highest BCUT2D eigenvalue weighted by Crippen LogP contribution is 2.43. The zero-order chi connectivity index (χ0) is 15.6. The molecule has 0 radical (unpaired) electrons. The van der Waals surface area contributed by atoms with E-state index in [-0.39, 0.29) is 23.8 Å². The van der Waals surface area contributed by atoms with Crippen LogP contribution in [-0.2, 0) is 14.3 Å². The van der Waals surface area contributed by atoms with Crippen molar-refractivity contribution in [2.45, 2.75) is 33.2 Å². The van der Waals surface area contributed by atoms with Gasteiger partial charge < -0.3 is 9.64 Å². The standard InChI is InChI=1S/C17H23NO3/c1-5-14-15(19)18(11-17(14,3)16(20)21-4)12(2)13-9-7-6-8-10-13/h6-10,12,14H,5,11H2,1-4H3/t12-,14+,17+/m1/s1. The maximum atomic E-state index is 12.7. The van der Waals surface area contributed by atoms with E-state index in [1.807, 2.05) is 51.1 Å². The Morgan fingerprint density at radius 2 is 2.05 bits per heavy atom. The van der Waals surface area contributed by atoms with Gasteiger partial charge in [0.1, 0.15) is 0 Å². The van der Waals surface area contributed by atoms with E-state index < -0.39 is 5.41 Å². The second-order valence-electron chi connectivity index (χ2n) is 5.92. The number of esters is 1. The molecule has 2 rings (SSSR count). The molecular formula is C17H23NO3. The van der Waals surface area contributed by atoms with Gasteiger partial charge in [0.2, 0.25) is 5.91 Å². The molecule has 1 amide bonds. The molecule has 0 aliphatic carbocycles. The molecule has 0 N–H and O–H groups in total. The molecule has 1 aromatic carbocycles. The fourth-order valence-corrected chi connectivity index (χ4v) is 3.32. The molecule has 3 atom stereocenters. The maximum absolute atomic E-state index is 12.7. The number of carbonyl (C=O) groups is 2. The van der Waals surface area contributed by atoms with Crippen molar-refractivity contribution < 1.29 is 14.3 Å². The first-order valence-electron chi connectivity index (χ1n) is 7.39. The van der Waals surface area contributed by atoms with Gasteiger partial charge in [-0.15, -0.1) is 0 Å². The summed E-state index contributed by atoms with van der Waals surface area (Å²) in [6.07, 6.45) is 0.641. The summed E-state index contributed by atoms with van der Waals surface area (Å²) >= 11 is 0. The Morgan fingerprint density at radius 3 is 2.57 bits per heavy atom. The van der Waals surface area contributed by atoms with E-state index >= 15 is 0 Å². The molecule has 1 aliphatic heterocycles. The smallest absolute Gasteiger partial charge is 0.314 e. The van der Waals surface area contributed by atoms with Crippen molar-refractivity contribution in [1.29, 1.82) is 0 Å². The second kappa shape index (κ2) is 5.88. The van der Waals surface area contributed by atoms with Crippen molar-refractivity contribution >= 4 is 11.9 Å². The molecule has 4 nitrogen and oxygen atoms in total. The number of likely N-dealkylation sites (tertiary alicyclic amines) is 1. The monoisotopic (exact) mass is 289 g/mol. The summed E-state index contributed by atoms with van der Waals surface area (Å²) in [5.74, 6) is -0.566. The van der Waals surface area contributed by atoms with Crippen molar-refractivity contribution in [3.63, 3.8) is 0 Å². The minimum atomic E-state index is -0.760. The lowest BCUT2D eigenvalue weighted by atomic mass is 9.78. The molecule has 114 valence electrons. The van der Waals surface area contributed by atoms with E-state index in [0.717, 1.165) is 5.56 Å². The van der Waals surface area contributed by atoms with Crippen LogP contribution >= 0.6 is 0 Å². The lowest BCUT2D eigenvalue weighted by molar-refractivity contribution is -0.154. The van der Waals surface area contributed by atoms with Crippen molar-refractivity contribution in [1.82, 2.24) is 4.90 Å². The van der Waals surface area contributed by atoms with Gasteiger partial charge in [0.05, 0.1) is 24.5 Å². The Bertz CT molecular complexity index is 528. The second-order valence-corrected chi connectivity index (χ2v) is 5.92. The van der Waals surface area contributed by atoms with Crippen LogP contribution in [0.2, 0.25) is 0 Å². The highest BCUT2D eigenvalue weighted by atomic mass is 16.5. The Morgan fingerprint density at radius 1 is 1.43 bits per heavy atom. The minimum Gasteiger partial charge on any atom is -0.469 e. The molecule has 1 aliphatic rings. The average Bonchev–Trinajstić information content (AvgIpc) is 2.78. The summed E-state index contributed by atoms with van der Waals surface area (Å²) in [5.41, 5.74) is 0.318. The number of ether oxygens (including phenoxy) is 1. The largest absolute Gasteiger partial charge is 0.469 e. The van der Waals surface area contributed by atoms with Crippen LogP contribution in [0.4, 0.5) is 0 Å². The van der Waals surface area contributed by atoms with E-state index in [9.17, 15) is 9.59 Å². The van der Waals surface area contributed by atoms with Crippen LogP contribution < -0.4 is 0 Å². The first kappa shape index (κ1) is 15.5. The lowest BCUT2D eigenvalue weighted by Crippen LogP contribution is -2.37. The van der Waals surface area contributed by atoms with E-state index in [2.05, 4.69) is 0 Å². The Kier molecular flexibility index (Phi) is 4.35. The van der Waals surface area contributed by atoms with Crippen molar-refractivity contribution in [2.24, 2.45) is 11.3 Å². The van der Waals surface area contributed by atoms with E-state index in [4.69, 9.17) is 4.74 Å². The summed E-state index contributed by atoms with van der Waals surface area (Å²) in [7, 11) is 1.38. The van der Waals surface area contributed by atoms with Crippen LogP contribution in [-0.4, -0.2) is 30.4 Å². The molecule has 4 heteroatoms. The van der Waals surface area contributed by atoms with Crippen molar-refractivity contribution in [2.75, 3.05) is 13.7 Å². The highest BCUT2D eigenvalue weighted by molar-refractivity contribution is 5.91. The zero-order valence-corrected chi connectivity index (χ0v) is 13.1. The fourth-order valence-electron chi connectivity index (χ4n) is 3.32. The van der Waals surface area contributed by atoms with E-state index in [0.29, 0.717) is 13.0 Å². The number of hydrogen-bond donors (Lipinski definition) is 0. The number of amides is 1. The molecule has 21 heavy (non-hydrogen) atoms. The highest BCUT2D eigenvalue weighted by Gasteiger charge is 2.54. The number of rotatable bonds is 4. The number of carbonyl (C=O) groups excluding carboxylic acids is 2. The average molecular weight is 289 g/mol. The molecule has 0 unspecified atom stereocenters. The van der Waals surface area contributed by atoms with Crippen LogP contribution in [0.15, 0.2) is 30.3 Å². The van der Waals surface area contributed by atoms with Crippen LogP contribution in [0.3, 0.4) is 0 Å². The SMILES string of the molecule is CC[C@H]1C(=O)N([C@H](C)c2ccccc2)C[C@]1(C)C(=O)OC. The molecule has 1 fully saturated rings. The molecule has 0 saturated carbocycles. The number of benzene rings is 1. The minimum absolute atomic E-state index is 0.0424. The summed E-state index contributed by atoms with van der Waals surface area (Å²) in [5, 5.41) is 0. The quantitative estimate of drug-likeness (QED) is 0.801. The molecular weight excluding hydrogens is 266 g/mol. The first-order chi connectivity index (χ1) is 9.95. The van der Waals surface area contributed by atoms with Crippen LogP contribution in [0.5, 0.6) is 0 Å². The topological polar surface area (TPSA) is 46.6 Å². The lowest BCUT2D eigenvalue weighted by Gasteiger charge is -2.27. The van der Waals surface area contributed by atoms with E-state index in [1.54, 1.807) is 4.90 Å². The van der Waals surface area contributed by atoms with Crippen LogP contribution in [0.25, 0.3) is 0 Å². The van der Waals surface area contributed by atoms with Gasteiger partial charge in [0.15, 0.2) is 0 Å². The maximum Gasteiger partial charge on any atom is 0.314 e. The third-order valence-corrected chi connectivity index (χ3v) is 4.66.